The van der Waals surface area contributed by atoms with Gasteiger partial charge in [0.25, 0.3) is 0 Å². The molecule has 2 saturated heterocycles. The zero-order chi connectivity index (χ0) is 15.8. The van der Waals surface area contributed by atoms with Crippen molar-refractivity contribution >= 4 is 29.9 Å². The molecule has 2 rings (SSSR count). The summed E-state index contributed by atoms with van der Waals surface area (Å²) in [7, 11) is 5.76. The van der Waals surface area contributed by atoms with E-state index >= 15 is 0 Å². The highest BCUT2D eigenvalue weighted by Crippen LogP contribution is 2.38. The van der Waals surface area contributed by atoms with Gasteiger partial charge in [-0.15, -0.1) is 24.0 Å². The smallest absolute Gasteiger partial charge is 0.193 e. The molecule has 0 amide bonds. The number of methoxy groups -OCH3 is 1. The lowest BCUT2D eigenvalue weighted by molar-refractivity contribution is 0.156. The third-order valence-corrected chi connectivity index (χ3v) is 4.81. The Labute approximate surface area is 158 Å². The number of ether oxygens (including phenoxy) is 2. The molecule has 0 saturated carbocycles. The molecule has 7 heteroatoms. The highest BCUT2D eigenvalue weighted by atomic mass is 127. The van der Waals surface area contributed by atoms with Gasteiger partial charge in [0.2, 0.25) is 0 Å². The van der Waals surface area contributed by atoms with Gasteiger partial charge >= 0.3 is 0 Å². The average molecular weight is 440 g/mol. The van der Waals surface area contributed by atoms with E-state index in [4.69, 9.17) is 9.47 Å². The summed E-state index contributed by atoms with van der Waals surface area (Å²) < 4.78 is 10.7. The molecule has 136 valence electrons. The van der Waals surface area contributed by atoms with E-state index < -0.39 is 0 Å². The second-order valence-corrected chi connectivity index (χ2v) is 6.60. The quantitative estimate of drug-likeness (QED) is 0.280. The summed E-state index contributed by atoms with van der Waals surface area (Å²) in [5, 5.41) is 3.51. The van der Waals surface area contributed by atoms with Crippen LogP contribution in [-0.4, -0.2) is 89.5 Å². The Balaban J connectivity index is 0.00000264. The summed E-state index contributed by atoms with van der Waals surface area (Å²) in [5.74, 6) is 1.04. The van der Waals surface area contributed by atoms with Crippen LogP contribution in [0.4, 0.5) is 0 Å². The Morgan fingerprint density at radius 1 is 1.39 bits per heavy atom. The third kappa shape index (κ3) is 6.36. The normalized spacial score (nSPS) is 24.5. The fourth-order valence-electron chi connectivity index (χ4n) is 3.33. The lowest BCUT2D eigenvalue weighted by atomic mass is 9.87. The van der Waals surface area contributed by atoms with Gasteiger partial charge in [0, 0.05) is 52.4 Å². The van der Waals surface area contributed by atoms with Crippen LogP contribution in [-0.2, 0) is 9.47 Å². The minimum absolute atomic E-state index is 0. The first-order chi connectivity index (χ1) is 10.7. The topological polar surface area (TPSA) is 49.3 Å². The number of guanidine groups is 1. The van der Waals surface area contributed by atoms with Gasteiger partial charge < -0.3 is 24.6 Å². The number of likely N-dealkylation sites (tertiary alicyclic amines) is 1. The van der Waals surface area contributed by atoms with Crippen molar-refractivity contribution in [2.24, 2.45) is 10.4 Å². The molecule has 2 heterocycles. The van der Waals surface area contributed by atoms with E-state index in [0.29, 0.717) is 5.41 Å². The molecule has 1 spiro atoms. The minimum Gasteiger partial charge on any atom is -0.383 e. The molecule has 6 nitrogen and oxygen atoms in total. The van der Waals surface area contributed by atoms with Gasteiger partial charge in [-0.2, -0.15) is 0 Å². The second kappa shape index (κ2) is 10.7. The van der Waals surface area contributed by atoms with E-state index in [1.54, 1.807) is 7.11 Å². The molecule has 1 N–H and O–H groups in total. The Hall–Kier alpha value is -0.120. The van der Waals surface area contributed by atoms with Crippen molar-refractivity contribution in [3.05, 3.63) is 0 Å². The second-order valence-electron chi connectivity index (χ2n) is 6.60. The Morgan fingerprint density at radius 2 is 2.22 bits per heavy atom. The number of aliphatic imine (C=N–C) groups is 1. The van der Waals surface area contributed by atoms with E-state index in [9.17, 15) is 0 Å². The number of likely N-dealkylation sites (N-methyl/N-ethyl adjacent to an activating group) is 1. The maximum atomic E-state index is 5.60. The number of hydrogen-bond donors (Lipinski definition) is 1. The summed E-state index contributed by atoms with van der Waals surface area (Å²) in [6.07, 6.45) is 3.54. The number of hydrogen-bond acceptors (Lipinski definition) is 4. The molecule has 1 atom stereocenters. The summed E-state index contributed by atoms with van der Waals surface area (Å²) >= 11 is 0. The summed E-state index contributed by atoms with van der Waals surface area (Å²) in [5.41, 5.74) is 0.387. The molecule has 2 aliphatic rings. The lowest BCUT2D eigenvalue weighted by Gasteiger charge is -2.25. The van der Waals surface area contributed by atoms with Crippen molar-refractivity contribution in [1.82, 2.24) is 15.1 Å². The van der Waals surface area contributed by atoms with Crippen LogP contribution in [0, 0.1) is 5.41 Å². The minimum atomic E-state index is 0. The number of rotatable bonds is 7. The van der Waals surface area contributed by atoms with Crippen LogP contribution in [0.2, 0.25) is 0 Å². The molecular weight excluding hydrogens is 407 g/mol. The van der Waals surface area contributed by atoms with E-state index in [-0.39, 0.29) is 24.0 Å². The lowest BCUT2D eigenvalue weighted by Crippen LogP contribution is -2.42. The molecule has 1 unspecified atom stereocenters. The van der Waals surface area contributed by atoms with Crippen LogP contribution in [0.5, 0.6) is 0 Å². The zero-order valence-corrected chi connectivity index (χ0v) is 17.2. The molecule has 0 aromatic heterocycles. The summed E-state index contributed by atoms with van der Waals surface area (Å²) in [4.78, 5) is 9.14. The predicted octanol–water partition coefficient (Wildman–Crippen LogP) is 1.26. The standard InChI is InChI=1S/C16H32N4O2.HI/c1-17-15(18-7-4-8-19(2)10-12-21-3)20-9-5-16(13-20)6-11-22-14-16;/h4-14H2,1-3H3,(H,17,18);1H. The third-order valence-electron chi connectivity index (χ3n) is 4.81. The molecular formula is C16H33IN4O2. The van der Waals surface area contributed by atoms with Crippen LogP contribution in [0.25, 0.3) is 0 Å². The van der Waals surface area contributed by atoms with Crippen molar-refractivity contribution in [3.8, 4) is 0 Å². The first-order valence-electron chi connectivity index (χ1n) is 8.40. The molecule has 0 aliphatic carbocycles. The van der Waals surface area contributed by atoms with Crippen molar-refractivity contribution in [2.75, 3.05) is 73.7 Å². The number of halogens is 1. The van der Waals surface area contributed by atoms with Gasteiger partial charge in [-0.05, 0) is 32.9 Å². The summed E-state index contributed by atoms with van der Waals surface area (Å²) in [6.45, 7) is 7.84. The maximum absolute atomic E-state index is 5.60. The van der Waals surface area contributed by atoms with Gasteiger partial charge in [0.1, 0.15) is 0 Å². The molecule has 0 aromatic carbocycles. The Morgan fingerprint density at radius 3 is 2.87 bits per heavy atom. The number of nitrogens with one attached hydrogen (secondary N) is 1. The van der Waals surface area contributed by atoms with E-state index in [1.807, 2.05) is 7.05 Å². The van der Waals surface area contributed by atoms with Gasteiger partial charge in [0.15, 0.2) is 5.96 Å². The fourth-order valence-corrected chi connectivity index (χ4v) is 3.33. The van der Waals surface area contributed by atoms with Gasteiger partial charge in [-0.3, -0.25) is 4.99 Å². The highest BCUT2D eigenvalue weighted by Gasteiger charge is 2.42. The van der Waals surface area contributed by atoms with Crippen molar-refractivity contribution in [1.29, 1.82) is 0 Å². The van der Waals surface area contributed by atoms with E-state index in [2.05, 4.69) is 27.2 Å². The molecule has 2 aliphatic heterocycles. The fraction of sp³-hybridized carbons (Fsp3) is 0.938. The Kier molecular flexibility index (Phi) is 9.72. The Bertz CT molecular complexity index is 362. The maximum Gasteiger partial charge on any atom is 0.193 e. The van der Waals surface area contributed by atoms with Crippen molar-refractivity contribution in [2.45, 2.75) is 19.3 Å². The van der Waals surface area contributed by atoms with E-state index in [0.717, 1.165) is 64.9 Å². The van der Waals surface area contributed by atoms with Crippen LogP contribution >= 0.6 is 24.0 Å². The zero-order valence-electron chi connectivity index (χ0n) is 14.8. The first kappa shape index (κ1) is 20.9. The monoisotopic (exact) mass is 440 g/mol. The largest absolute Gasteiger partial charge is 0.383 e. The van der Waals surface area contributed by atoms with Crippen molar-refractivity contribution in [3.63, 3.8) is 0 Å². The average Bonchev–Trinajstić information content (AvgIpc) is 3.16. The number of nitrogens with zero attached hydrogens (tertiary/aromatic N) is 3. The molecule has 0 bridgehead atoms. The van der Waals surface area contributed by atoms with Crippen LogP contribution in [0.1, 0.15) is 19.3 Å². The SMILES string of the molecule is CN=C(NCCCN(C)CCOC)N1CCC2(CCOC2)C1.I. The van der Waals surface area contributed by atoms with E-state index in [1.165, 1.54) is 12.8 Å². The molecule has 23 heavy (non-hydrogen) atoms. The predicted molar refractivity (Wildman–Crippen MR) is 105 cm³/mol. The highest BCUT2D eigenvalue weighted by molar-refractivity contribution is 14.0. The van der Waals surface area contributed by atoms with Gasteiger partial charge in [-0.25, -0.2) is 0 Å². The van der Waals surface area contributed by atoms with Crippen LogP contribution in [0.15, 0.2) is 4.99 Å². The molecule has 0 aromatic rings. The first-order valence-corrected chi connectivity index (χ1v) is 8.40. The van der Waals surface area contributed by atoms with Gasteiger partial charge in [0.05, 0.1) is 13.2 Å². The van der Waals surface area contributed by atoms with Crippen molar-refractivity contribution < 1.29 is 9.47 Å². The van der Waals surface area contributed by atoms with Crippen LogP contribution in [0.3, 0.4) is 0 Å². The summed E-state index contributed by atoms with van der Waals surface area (Å²) in [6, 6.07) is 0. The van der Waals surface area contributed by atoms with Crippen LogP contribution < -0.4 is 5.32 Å². The molecule has 0 radical (unpaired) electrons. The molecule has 2 fully saturated rings. The van der Waals surface area contributed by atoms with Gasteiger partial charge in [-0.1, -0.05) is 0 Å².